The van der Waals surface area contributed by atoms with E-state index in [2.05, 4.69) is 211 Å². The van der Waals surface area contributed by atoms with Gasteiger partial charge in [-0.05, 0) is 174 Å². The molecule has 1 N–H and O–H groups in total. The van der Waals surface area contributed by atoms with Gasteiger partial charge in [-0.3, -0.25) is 0 Å². The molecule has 10 aromatic rings. The first-order valence-corrected chi connectivity index (χ1v) is 27.1. The number of hydrogen-bond acceptors (Lipinski definition) is 4. The van der Waals surface area contributed by atoms with Crippen LogP contribution in [0, 0.1) is 6.92 Å². The van der Waals surface area contributed by atoms with Crippen LogP contribution in [-0.4, -0.2) is 7.28 Å². The van der Waals surface area contributed by atoms with E-state index in [9.17, 15) is 0 Å². The third-order valence-electron chi connectivity index (χ3n) is 16.0. The Morgan fingerprint density at radius 3 is 1.84 bits per heavy atom. The van der Waals surface area contributed by atoms with Crippen molar-refractivity contribution in [2.45, 2.75) is 124 Å². The monoisotopic (exact) mass is 938 g/mol. The van der Waals surface area contributed by atoms with Crippen molar-refractivity contribution in [3.8, 4) is 22.3 Å². The number of aryl methyl sites for hydroxylation is 1. The first-order valence-electron chi connectivity index (χ1n) is 24.7. The van der Waals surface area contributed by atoms with E-state index in [-0.39, 0.29) is 27.6 Å². The van der Waals surface area contributed by atoms with E-state index < -0.39 is 0 Å². The zero-order valence-corrected chi connectivity index (χ0v) is 44.2. The van der Waals surface area contributed by atoms with E-state index in [1.54, 1.807) is 0 Å². The summed E-state index contributed by atoms with van der Waals surface area (Å²) in [5.74, 6) is 0.169. The van der Waals surface area contributed by atoms with Crippen LogP contribution in [0.1, 0.15) is 134 Å². The molecule has 0 bridgehead atoms. The highest BCUT2D eigenvalue weighted by atomic mass is 32.1. The molecule has 0 saturated heterocycles. The molecule has 2 aliphatic rings. The molecule has 4 heterocycles. The van der Waals surface area contributed by atoms with Crippen LogP contribution in [0.15, 0.2) is 115 Å². The number of thiophene rings is 3. The molecule has 1 unspecified atom stereocenters. The number of fused-ring (bicyclic) bond motifs is 11. The van der Waals surface area contributed by atoms with E-state index in [1.165, 1.54) is 135 Å². The number of nitrogens with one attached hydrogen (secondary N) is 1. The standard InChI is InChI=1S/C63H61BNS3/c1-34-27-53-44(39-15-13-14-16-51(39)66-53)29-42(34)40-22-23-41(58-56(40)35(2)57-47-28-37(61(6,7)8)19-24-52(47)68-59(57)64-58)43-30-45-46-31-48-49(63(11,12)26-25-62(48,9)10)32-54(46)67-55(45)33-50(43)65-38-20-17-36(18-21-38)60(3,4)5/h13-24,27-33,35,65H,25-26H2,1-12H3. The van der Waals surface area contributed by atoms with Crippen molar-refractivity contribution < 1.29 is 0 Å². The average molecular weight is 939 g/mol. The lowest BCUT2D eigenvalue weighted by Gasteiger charge is -2.41. The first kappa shape index (κ1) is 44.0. The van der Waals surface area contributed by atoms with Gasteiger partial charge in [-0.2, -0.15) is 11.3 Å². The Morgan fingerprint density at radius 1 is 0.515 bits per heavy atom. The van der Waals surface area contributed by atoms with Crippen molar-refractivity contribution in [1.82, 2.24) is 0 Å². The van der Waals surface area contributed by atoms with Crippen LogP contribution in [0.25, 0.3) is 72.7 Å². The Kier molecular flexibility index (Phi) is 9.81. The predicted molar refractivity (Wildman–Crippen MR) is 305 cm³/mol. The highest BCUT2D eigenvalue weighted by molar-refractivity contribution is 7.29. The first-order chi connectivity index (χ1) is 32.2. The molecular formula is C63H61BNS3. The van der Waals surface area contributed by atoms with Crippen molar-refractivity contribution in [2.24, 2.45) is 0 Å². The average Bonchev–Trinajstić information content (AvgIpc) is 3.96. The summed E-state index contributed by atoms with van der Waals surface area (Å²) >= 11 is 5.82. The van der Waals surface area contributed by atoms with Crippen molar-refractivity contribution in [3.05, 3.63) is 154 Å². The minimum Gasteiger partial charge on any atom is -0.355 e. The Morgan fingerprint density at radius 2 is 1.10 bits per heavy atom. The van der Waals surface area contributed by atoms with Gasteiger partial charge in [0.25, 0.3) is 0 Å². The molecule has 68 heavy (non-hydrogen) atoms. The molecule has 0 spiro atoms. The minimum atomic E-state index is 0.0584. The molecular weight excluding hydrogens is 878 g/mol. The maximum Gasteiger partial charge on any atom is 0.206 e. The van der Waals surface area contributed by atoms with E-state index >= 15 is 0 Å². The molecule has 12 rings (SSSR count). The highest BCUT2D eigenvalue weighted by Crippen LogP contribution is 2.51. The zero-order chi connectivity index (χ0) is 47.4. The molecule has 7 aromatic carbocycles. The van der Waals surface area contributed by atoms with Crippen molar-refractivity contribution in [1.29, 1.82) is 0 Å². The van der Waals surface area contributed by atoms with Crippen LogP contribution in [0.4, 0.5) is 11.4 Å². The summed E-state index contributed by atoms with van der Waals surface area (Å²) in [6, 6.07) is 45.3. The molecule has 3 aromatic heterocycles. The van der Waals surface area contributed by atoms with Crippen molar-refractivity contribution in [3.63, 3.8) is 0 Å². The lowest BCUT2D eigenvalue weighted by atomic mass is 9.55. The van der Waals surface area contributed by atoms with Crippen LogP contribution in [0.3, 0.4) is 0 Å². The third kappa shape index (κ3) is 6.96. The minimum absolute atomic E-state index is 0.0584. The van der Waals surface area contributed by atoms with Gasteiger partial charge in [-0.25, -0.2) is 0 Å². The molecule has 1 aliphatic carbocycles. The maximum absolute atomic E-state index is 4.03. The van der Waals surface area contributed by atoms with Crippen LogP contribution in [-0.2, 0) is 21.7 Å². The molecule has 0 saturated carbocycles. The van der Waals surface area contributed by atoms with Gasteiger partial charge >= 0.3 is 0 Å². The molecule has 5 heteroatoms. The second-order valence-corrected chi connectivity index (χ2v) is 26.8. The van der Waals surface area contributed by atoms with Crippen LogP contribution >= 0.6 is 34.0 Å². The maximum atomic E-state index is 4.03. The second-order valence-electron chi connectivity index (χ2n) is 23.6. The summed E-state index contributed by atoms with van der Waals surface area (Å²) in [6.07, 6.45) is 2.41. The highest BCUT2D eigenvalue weighted by Gasteiger charge is 2.38. The molecule has 1 aliphatic heterocycles. The number of benzene rings is 7. The summed E-state index contributed by atoms with van der Waals surface area (Å²) in [5, 5.41) is 10.9. The lowest BCUT2D eigenvalue weighted by molar-refractivity contribution is 0.332. The molecule has 0 amide bonds. The smallest absolute Gasteiger partial charge is 0.206 e. The largest absolute Gasteiger partial charge is 0.355 e. The van der Waals surface area contributed by atoms with Gasteiger partial charge in [0.05, 0.1) is 0 Å². The number of hydrogen-bond donors (Lipinski definition) is 1. The molecule has 0 fully saturated rings. The Hall–Kier alpha value is -5.20. The fourth-order valence-electron chi connectivity index (χ4n) is 11.7. The second kappa shape index (κ2) is 15.2. The molecule has 1 atom stereocenters. The van der Waals surface area contributed by atoms with E-state index in [1.807, 2.05) is 34.0 Å². The fourth-order valence-corrected chi connectivity index (χ4v) is 15.3. The lowest BCUT2D eigenvalue weighted by Crippen LogP contribution is -2.38. The van der Waals surface area contributed by atoms with Crippen molar-refractivity contribution in [2.75, 3.05) is 5.32 Å². The fraction of sp³-hybridized carbons (Fsp3) is 0.302. The van der Waals surface area contributed by atoms with Gasteiger partial charge in [0.1, 0.15) is 0 Å². The molecule has 1 radical (unpaired) electrons. The van der Waals surface area contributed by atoms with E-state index in [0.717, 1.165) is 11.4 Å². The summed E-state index contributed by atoms with van der Waals surface area (Å²) in [5.41, 5.74) is 19.2. The van der Waals surface area contributed by atoms with Crippen LogP contribution < -0.4 is 15.6 Å². The predicted octanol–water partition coefficient (Wildman–Crippen LogP) is 18.1. The van der Waals surface area contributed by atoms with Gasteiger partial charge in [0.15, 0.2) is 0 Å². The summed E-state index contributed by atoms with van der Waals surface area (Å²) in [6.45, 7) is 28.5. The topological polar surface area (TPSA) is 12.0 Å². The van der Waals surface area contributed by atoms with Gasteiger partial charge in [-0.1, -0.05) is 130 Å². The number of anilines is 2. The Balaban J connectivity index is 1.13. The van der Waals surface area contributed by atoms with Crippen LogP contribution in [0.5, 0.6) is 0 Å². The Bertz CT molecular complexity index is 3730. The van der Waals surface area contributed by atoms with E-state index in [0.29, 0.717) is 0 Å². The SMILES string of the molecule is Cc1cc2sc3ccccc3c2cc1-c1ccc(-c2cc3c(cc2Nc2ccc(C(C)(C)C)cc2)sc2cc4c(cc23)C(C)(C)CCC4(C)C)c2c1C(C)c1c(sc3ccc(C(C)(C)C)cc13)[B]2. The molecule has 339 valence electrons. The Labute approximate surface area is 415 Å². The van der Waals surface area contributed by atoms with Crippen LogP contribution in [0.2, 0.25) is 0 Å². The van der Waals surface area contributed by atoms with Gasteiger partial charge in [-0.15, -0.1) is 22.7 Å². The molecule has 1 nitrogen and oxygen atoms in total. The van der Waals surface area contributed by atoms with Gasteiger partial charge in [0.2, 0.25) is 7.28 Å². The normalized spacial score (nSPS) is 16.6. The summed E-state index contributed by atoms with van der Waals surface area (Å²) < 4.78 is 8.16. The summed E-state index contributed by atoms with van der Waals surface area (Å²) in [7, 11) is 2.57. The quantitative estimate of drug-likeness (QED) is 0.173. The third-order valence-corrected chi connectivity index (χ3v) is 19.3. The van der Waals surface area contributed by atoms with Crippen molar-refractivity contribution >= 4 is 113 Å². The van der Waals surface area contributed by atoms with Gasteiger partial charge in [0, 0.05) is 67.9 Å². The van der Waals surface area contributed by atoms with Gasteiger partial charge < -0.3 is 5.32 Å². The zero-order valence-electron chi connectivity index (χ0n) is 41.8. The summed E-state index contributed by atoms with van der Waals surface area (Å²) in [4.78, 5) is 0. The van der Waals surface area contributed by atoms with E-state index in [4.69, 9.17) is 0 Å². The number of rotatable bonds is 4.